The SMILES string of the molecule is Cc1ccc(N2CCOCC2=O)cc1F.c1ccc(CCCc2ccccc2)cc1. The Morgan fingerprint density at radius 1 is 0.900 bits per heavy atom. The Balaban J connectivity index is 0.000000171. The van der Waals surface area contributed by atoms with Gasteiger partial charge in [-0.25, -0.2) is 4.39 Å². The number of anilines is 1. The third kappa shape index (κ3) is 6.53. The minimum atomic E-state index is -0.285. The number of ether oxygens (including phenoxy) is 1. The molecule has 0 unspecified atom stereocenters. The summed E-state index contributed by atoms with van der Waals surface area (Å²) in [5.74, 6) is -0.406. The first-order valence-electron chi connectivity index (χ1n) is 10.4. The average molecular weight is 406 g/mol. The molecule has 0 atom stereocenters. The van der Waals surface area contributed by atoms with Crippen LogP contribution in [-0.2, 0) is 22.4 Å². The van der Waals surface area contributed by atoms with E-state index in [-0.39, 0.29) is 18.3 Å². The summed E-state index contributed by atoms with van der Waals surface area (Å²) in [7, 11) is 0. The number of hydrogen-bond acceptors (Lipinski definition) is 2. The van der Waals surface area contributed by atoms with Gasteiger partial charge < -0.3 is 9.64 Å². The largest absolute Gasteiger partial charge is 0.370 e. The topological polar surface area (TPSA) is 29.5 Å². The minimum absolute atomic E-state index is 0.0789. The molecule has 1 heterocycles. The van der Waals surface area contributed by atoms with Crippen molar-refractivity contribution in [3.05, 3.63) is 101 Å². The third-order valence-electron chi connectivity index (χ3n) is 5.07. The molecule has 3 aromatic carbocycles. The van der Waals surface area contributed by atoms with E-state index in [2.05, 4.69) is 60.7 Å². The van der Waals surface area contributed by atoms with Gasteiger partial charge in [-0.2, -0.15) is 0 Å². The molecule has 3 aromatic rings. The molecular weight excluding hydrogens is 377 g/mol. The molecule has 156 valence electrons. The number of halogens is 1. The van der Waals surface area contributed by atoms with Gasteiger partial charge in [-0.3, -0.25) is 4.79 Å². The fourth-order valence-electron chi connectivity index (χ4n) is 3.33. The van der Waals surface area contributed by atoms with Crippen LogP contribution in [0, 0.1) is 12.7 Å². The van der Waals surface area contributed by atoms with E-state index in [4.69, 9.17) is 4.74 Å². The number of carbonyl (C=O) groups is 1. The molecule has 0 aliphatic carbocycles. The third-order valence-corrected chi connectivity index (χ3v) is 5.07. The molecule has 0 saturated carbocycles. The molecule has 30 heavy (non-hydrogen) atoms. The maximum absolute atomic E-state index is 13.3. The lowest BCUT2D eigenvalue weighted by atomic mass is 10.0. The van der Waals surface area contributed by atoms with Crippen molar-refractivity contribution in [3.63, 3.8) is 0 Å². The van der Waals surface area contributed by atoms with Gasteiger partial charge in [0.15, 0.2) is 0 Å². The Kier molecular flexibility index (Phi) is 8.16. The van der Waals surface area contributed by atoms with Gasteiger partial charge in [0.1, 0.15) is 12.4 Å². The number of morpholine rings is 1. The van der Waals surface area contributed by atoms with Crippen molar-refractivity contribution >= 4 is 11.6 Å². The van der Waals surface area contributed by atoms with Crippen LogP contribution in [0.15, 0.2) is 78.9 Å². The van der Waals surface area contributed by atoms with E-state index in [0.717, 1.165) is 0 Å². The lowest BCUT2D eigenvalue weighted by molar-refractivity contribution is -0.125. The molecule has 1 amide bonds. The highest BCUT2D eigenvalue weighted by Gasteiger charge is 2.20. The Labute approximate surface area is 178 Å². The van der Waals surface area contributed by atoms with E-state index in [9.17, 15) is 9.18 Å². The van der Waals surface area contributed by atoms with Crippen molar-refractivity contribution in [3.8, 4) is 0 Å². The number of benzene rings is 3. The molecule has 1 aliphatic heterocycles. The lowest BCUT2D eigenvalue weighted by Gasteiger charge is -2.26. The molecule has 4 heteroatoms. The monoisotopic (exact) mass is 405 g/mol. The predicted molar refractivity (Wildman–Crippen MR) is 119 cm³/mol. The molecule has 1 saturated heterocycles. The first-order chi connectivity index (χ1) is 14.6. The van der Waals surface area contributed by atoms with Crippen molar-refractivity contribution in [2.24, 2.45) is 0 Å². The molecule has 0 aromatic heterocycles. The average Bonchev–Trinajstić information content (AvgIpc) is 2.78. The number of hydrogen-bond donors (Lipinski definition) is 0. The fraction of sp³-hybridized carbons (Fsp3) is 0.269. The molecule has 1 aliphatic rings. The van der Waals surface area contributed by atoms with Gasteiger partial charge in [0.2, 0.25) is 0 Å². The minimum Gasteiger partial charge on any atom is -0.370 e. The maximum Gasteiger partial charge on any atom is 0.253 e. The lowest BCUT2D eigenvalue weighted by Crippen LogP contribution is -2.41. The molecular formula is C26H28FNO2. The fourth-order valence-corrected chi connectivity index (χ4v) is 3.33. The standard InChI is InChI=1S/C15H16.C11H12FNO2/c1-3-8-14(9-4-1)12-7-13-15-10-5-2-6-11-15;1-8-2-3-9(6-10(8)12)13-4-5-15-7-11(13)14/h1-6,8-11H,7,12-13H2;2-3,6H,4-5,7H2,1H3. The van der Waals surface area contributed by atoms with Crippen LogP contribution in [-0.4, -0.2) is 25.7 Å². The zero-order valence-corrected chi connectivity index (χ0v) is 17.4. The number of amides is 1. The number of rotatable bonds is 5. The molecule has 0 bridgehead atoms. The molecule has 4 rings (SSSR count). The van der Waals surface area contributed by atoms with Crippen molar-refractivity contribution in [2.45, 2.75) is 26.2 Å². The van der Waals surface area contributed by atoms with Gasteiger partial charge in [0.25, 0.3) is 5.91 Å². The first kappa shape index (κ1) is 21.7. The van der Waals surface area contributed by atoms with Crippen LogP contribution in [0.4, 0.5) is 10.1 Å². The maximum atomic E-state index is 13.3. The van der Waals surface area contributed by atoms with Crippen LogP contribution in [0.3, 0.4) is 0 Å². The van der Waals surface area contributed by atoms with Crippen molar-refractivity contribution in [1.82, 2.24) is 0 Å². The Morgan fingerprint density at radius 2 is 1.50 bits per heavy atom. The second-order valence-corrected chi connectivity index (χ2v) is 7.36. The van der Waals surface area contributed by atoms with Gasteiger partial charge >= 0.3 is 0 Å². The highest BCUT2D eigenvalue weighted by atomic mass is 19.1. The first-order valence-corrected chi connectivity index (χ1v) is 10.4. The van der Waals surface area contributed by atoms with Gasteiger partial charge in [-0.15, -0.1) is 0 Å². The quantitative estimate of drug-likeness (QED) is 0.572. The second kappa shape index (κ2) is 11.3. The summed E-state index contributed by atoms with van der Waals surface area (Å²) in [5, 5.41) is 0. The van der Waals surface area contributed by atoms with Crippen molar-refractivity contribution in [1.29, 1.82) is 0 Å². The highest BCUT2D eigenvalue weighted by molar-refractivity contribution is 5.94. The highest BCUT2D eigenvalue weighted by Crippen LogP contribution is 2.19. The van der Waals surface area contributed by atoms with Gasteiger partial charge in [0.05, 0.1) is 6.61 Å². The predicted octanol–water partition coefficient (Wildman–Crippen LogP) is 5.36. The van der Waals surface area contributed by atoms with Crippen LogP contribution < -0.4 is 4.90 Å². The van der Waals surface area contributed by atoms with Crippen molar-refractivity contribution < 1.29 is 13.9 Å². The number of carbonyl (C=O) groups excluding carboxylic acids is 1. The van der Waals surface area contributed by atoms with Crippen LogP contribution in [0.2, 0.25) is 0 Å². The summed E-state index contributed by atoms with van der Waals surface area (Å²) in [6, 6.07) is 26.2. The van der Waals surface area contributed by atoms with Gasteiger partial charge in [0, 0.05) is 12.2 Å². The smallest absolute Gasteiger partial charge is 0.253 e. The molecule has 0 N–H and O–H groups in total. The summed E-state index contributed by atoms with van der Waals surface area (Å²) in [5.41, 5.74) is 4.06. The van der Waals surface area contributed by atoms with E-state index < -0.39 is 0 Å². The van der Waals surface area contributed by atoms with E-state index in [0.29, 0.717) is 24.4 Å². The van der Waals surface area contributed by atoms with Crippen LogP contribution in [0.25, 0.3) is 0 Å². The molecule has 0 radical (unpaired) electrons. The zero-order chi connectivity index (χ0) is 21.2. The number of nitrogens with zero attached hydrogens (tertiary/aromatic N) is 1. The Bertz CT molecular complexity index is 889. The van der Waals surface area contributed by atoms with Crippen molar-refractivity contribution in [2.75, 3.05) is 24.7 Å². The summed E-state index contributed by atoms with van der Waals surface area (Å²) >= 11 is 0. The van der Waals surface area contributed by atoms with Crippen LogP contribution >= 0.6 is 0 Å². The molecule has 0 spiro atoms. The number of aryl methyl sites for hydroxylation is 3. The summed E-state index contributed by atoms with van der Waals surface area (Å²) in [4.78, 5) is 13.0. The van der Waals surface area contributed by atoms with E-state index in [1.54, 1.807) is 24.0 Å². The Hall–Kier alpha value is -2.98. The van der Waals surface area contributed by atoms with Gasteiger partial charge in [-0.1, -0.05) is 66.7 Å². The summed E-state index contributed by atoms with van der Waals surface area (Å²) < 4.78 is 18.3. The van der Waals surface area contributed by atoms with Gasteiger partial charge in [-0.05, 0) is 55.0 Å². The molecule has 1 fully saturated rings. The molecule has 3 nitrogen and oxygen atoms in total. The second-order valence-electron chi connectivity index (χ2n) is 7.36. The van der Waals surface area contributed by atoms with E-state index >= 15 is 0 Å². The normalized spacial score (nSPS) is 13.5. The van der Waals surface area contributed by atoms with Crippen LogP contribution in [0.1, 0.15) is 23.1 Å². The van der Waals surface area contributed by atoms with E-state index in [1.807, 2.05) is 0 Å². The van der Waals surface area contributed by atoms with E-state index in [1.165, 1.54) is 36.5 Å². The summed E-state index contributed by atoms with van der Waals surface area (Å²) in [6.07, 6.45) is 3.58. The Morgan fingerprint density at radius 3 is 2.03 bits per heavy atom. The zero-order valence-electron chi connectivity index (χ0n) is 17.4. The van der Waals surface area contributed by atoms with Crippen LogP contribution in [0.5, 0.6) is 0 Å². The summed E-state index contributed by atoms with van der Waals surface area (Å²) in [6.45, 7) is 2.76.